The van der Waals surface area contributed by atoms with E-state index >= 15 is 0 Å². The third kappa shape index (κ3) is 6.07. The van der Waals surface area contributed by atoms with Crippen molar-refractivity contribution in [3.8, 4) is 5.75 Å². The number of carbonyl (C=O) groups is 1. The Bertz CT molecular complexity index is 825. The number of halogens is 1. The van der Waals surface area contributed by atoms with Crippen LogP contribution in [-0.4, -0.2) is 75.2 Å². The van der Waals surface area contributed by atoms with Crippen molar-refractivity contribution < 1.29 is 17.9 Å². The van der Waals surface area contributed by atoms with Gasteiger partial charge >= 0.3 is 0 Å². The molecule has 0 aromatic heterocycles. The van der Waals surface area contributed by atoms with Crippen LogP contribution >= 0.6 is 11.6 Å². The standard InChI is InChI=1S/C20H30ClN3O4S/c1-23-11-3-4-16(23)7-10-22-20(25)15-5-6-19(18(21)14-15)28-17-8-12-24(13-9-17)29(2,26)27/h5-6,14,16-17H,3-4,7-13H2,1-2H3,(H,22,25)/t16-/m0/s1. The van der Waals surface area contributed by atoms with Crippen LogP contribution in [0.5, 0.6) is 5.75 Å². The smallest absolute Gasteiger partial charge is 0.251 e. The number of amides is 1. The first kappa shape index (κ1) is 22.3. The molecule has 1 amide bonds. The minimum Gasteiger partial charge on any atom is -0.489 e. The normalized spacial score (nSPS) is 22.0. The van der Waals surface area contributed by atoms with Crippen molar-refractivity contribution in [1.29, 1.82) is 0 Å². The zero-order valence-corrected chi connectivity index (χ0v) is 18.6. The number of carbonyl (C=O) groups excluding carboxylic acids is 1. The third-order valence-corrected chi connectivity index (χ3v) is 7.39. The molecule has 2 saturated heterocycles. The molecule has 162 valence electrons. The average molecular weight is 444 g/mol. The molecule has 0 bridgehead atoms. The molecule has 1 aromatic rings. The van der Waals surface area contributed by atoms with Crippen LogP contribution in [0, 0.1) is 0 Å². The summed E-state index contributed by atoms with van der Waals surface area (Å²) in [7, 11) is -1.03. The lowest BCUT2D eigenvalue weighted by molar-refractivity contribution is 0.0950. The molecule has 0 radical (unpaired) electrons. The van der Waals surface area contributed by atoms with Crippen molar-refractivity contribution in [2.75, 3.05) is 39.5 Å². The van der Waals surface area contributed by atoms with Gasteiger partial charge in [0, 0.05) is 31.2 Å². The van der Waals surface area contributed by atoms with Gasteiger partial charge in [0.05, 0.1) is 11.3 Å². The van der Waals surface area contributed by atoms with E-state index in [2.05, 4.69) is 17.3 Å². The lowest BCUT2D eigenvalue weighted by Crippen LogP contribution is -2.41. The molecule has 0 unspecified atom stereocenters. The van der Waals surface area contributed by atoms with Gasteiger partial charge in [-0.05, 0) is 63.9 Å². The van der Waals surface area contributed by atoms with Gasteiger partial charge in [-0.1, -0.05) is 11.6 Å². The molecule has 0 aliphatic carbocycles. The number of likely N-dealkylation sites (tertiary alicyclic amines) is 1. The van der Waals surface area contributed by atoms with Crippen LogP contribution in [-0.2, 0) is 10.0 Å². The highest BCUT2D eigenvalue weighted by Crippen LogP contribution is 2.29. The lowest BCUT2D eigenvalue weighted by atomic mass is 10.1. The summed E-state index contributed by atoms with van der Waals surface area (Å²) in [6, 6.07) is 5.60. The number of nitrogens with zero attached hydrogens (tertiary/aromatic N) is 2. The van der Waals surface area contributed by atoms with Crippen LogP contribution in [0.3, 0.4) is 0 Å². The summed E-state index contributed by atoms with van der Waals surface area (Å²) >= 11 is 6.33. The highest BCUT2D eigenvalue weighted by Gasteiger charge is 2.26. The summed E-state index contributed by atoms with van der Waals surface area (Å²) < 4.78 is 30.6. The molecule has 1 aromatic carbocycles. The van der Waals surface area contributed by atoms with E-state index in [0.29, 0.717) is 54.9 Å². The van der Waals surface area contributed by atoms with Crippen molar-refractivity contribution in [2.45, 2.75) is 44.2 Å². The first-order chi connectivity index (χ1) is 13.7. The van der Waals surface area contributed by atoms with Gasteiger partial charge in [-0.3, -0.25) is 4.79 Å². The van der Waals surface area contributed by atoms with Gasteiger partial charge in [0.2, 0.25) is 10.0 Å². The van der Waals surface area contributed by atoms with E-state index in [9.17, 15) is 13.2 Å². The highest BCUT2D eigenvalue weighted by atomic mass is 35.5. The van der Waals surface area contributed by atoms with Gasteiger partial charge in [-0.15, -0.1) is 0 Å². The van der Waals surface area contributed by atoms with E-state index in [-0.39, 0.29) is 12.0 Å². The number of rotatable bonds is 7. The molecule has 0 spiro atoms. The van der Waals surface area contributed by atoms with Crippen LogP contribution in [0.25, 0.3) is 0 Å². The monoisotopic (exact) mass is 443 g/mol. The summed E-state index contributed by atoms with van der Waals surface area (Å²) in [4.78, 5) is 14.7. The average Bonchev–Trinajstić information content (AvgIpc) is 3.08. The fourth-order valence-electron chi connectivity index (χ4n) is 4.00. The van der Waals surface area contributed by atoms with Gasteiger partial charge in [0.25, 0.3) is 5.91 Å². The van der Waals surface area contributed by atoms with Gasteiger partial charge in [-0.25, -0.2) is 12.7 Å². The van der Waals surface area contributed by atoms with Crippen LogP contribution in [0.1, 0.15) is 42.5 Å². The minimum absolute atomic E-state index is 0.0893. The Morgan fingerprint density at radius 3 is 2.55 bits per heavy atom. The predicted octanol–water partition coefficient (Wildman–Crippen LogP) is 2.36. The Kier molecular flexibility index (Phi) is 7.42. The quantitative estimate of drug-likeness (QED) is 0.699. The maximum atomic E-state index is 12.4. The molecule has 2 heterocycles. The van der Waals surface area contributed by atoms with Gasteiger partial charge in [-0.2, -0.15) is 0 Å². The second kappa shape index (κ2) is 9.64. The van der Waals surface area contributed by atoms with Crippen LogP contribution in [0.2, 0.25) is 5.02 Å². The Hall–Kier alpha value is -1.35. The van der Waals surface area contributed by atoms with Gasteiger partial charge < -0.3 is 15.0 Å². The number of nitrogens with one attached hydrogen (secondary N) is 1. The van der Waals surface area contributed by atoms with E-state index in [1.54, 1.807) is 18.2 Å². The predicted molar refractivity (Wildman–Crippen MR) is 114 cm³/mol. The van der Waals surface area contributed by atoms with E-state index in [1.165, 1.54) is 23.4 Å². The molecule has 0 saturated carbocycles. The summed E-state index contributed by atoms with van der Waals surface area (Å²) in [5.74, 6) is 0.383. The Labute approximate surface area is 178 Å². The zero-order valence-electron chi connectivity index (χ0n) is 17.1. The fraction of sp³-hybridized carbons (Fsp3) is 0.650. The SMILES string of the molecule is CN1CCC[C@H]1CCNC(=O)c1ccc(OC2CCN(S(C)(=O)=O)CC2)c(Cl)c1. The maximum absolute atomic E-state index is 12.4. The molecule has 2 aliphatic heterocycles. The Morgan fingerprint density at radius 1 is 1.24 bits per heavy atom. The molecule has 1 atom stereocenters. The molecule has 9 heteroatoms. The largest absolute Gasteiger partial charge is 0.489 e. The highest BCUT2D eigenvalue weighted by molar-refractivity contribution is 7.88. The molecule has 1 N–H and O–H groups in total. The van der Waals surface area contributed by atoms with Gasteiger partial charge in [0.1, 0.15) is 11.9 Å². The van der Waals surface area contributed by atoms with Crippen molar-refractivity contribution >= 4 is 27.5 Å². The summed E-state index contributed by atoms with van der Waals surface area (Å²) in [6.45, 7) is 2.65. The summed E-state index contributed by atoms with van der Waals surface area (Å²) in [5.41, 5.74) is 0.508. The second-order valence-corrected chi connectivity index (χ2v) is 10.3. The van der Waals surface area contributed by atoms with Crippen molar-refractivity contribution in [3.05, 3.63) is 28.8 Å². The number of hydrogen-bond acceptors (Lipinski definition) is 5. The lowest BCUT2D eigenvalue weighted by Gasteiger charge is -2.30. The first-order valence-corrected chi connectivity index (χ1v) is 12.4. The van der Waals surface area contributed by atoms with Crippen molar-refractivity contribution in [1.82, 2.24) is 14.5 Å². The molecule has 2 aliphatic rings. The maximum Gasteiger partial charge on any atom is 0.251 e. The molecule has 2 fully saturated rings. The second-order valence-electron chi connectivity index (χ2n) is 7.95. The minimum atomic E-state index is -3.16. The molecule has 29 heavy (non-hydrogen) atoms. The van der Waals surface area contributed by atoms with Crippen molar-refractivity contribution in [3.63, 3.8) is 0 Å². The van der Waals surface area contributed by atoms with E-state index < -0.39 is 10.0 Å². The topological polar surface area (TPSA) is 79.0 Å². The fourth-order valence-corrected chi connectivity index (χ4v) is 5.10. The van der Waals surface area contributed by atoms with E-state index in [4.69, 9.17) is 16.3 Å². The van der Waals surface area contributed by atoms with Crippen LogP contribution in [0.15, 0.2) is 18.2 Å². The number of sulfonamides is 1. The summed E-state index contributed by atoms with van der Waals surface area (Å²) in [5, 5.41) is 3.35. The zero-order chi connectivity index (χ0) is 21.0. The van der Waals surface area contributed by atoms with Crippen LogP contribution < -0.4 is 10.1 Å². The first-order valence-electron chi connectivity index (χ1n) is 10.1. The van der Waals surface area contributed by atoms with E-state index in [1.807, 2.05) is 0 Å². The number of benzene rings is 1. The summed E-state index contributed by atoms with van der Waals surface area (Å²) in [6.07, 6.45) is 5.72. The Balaban J connectivity index is 1.49. The molecular formula is C20H30ClN3O4S. The number of ether oxygens (including phenoxy) is 1. The third-order valence-electron chi connectivity index (χ3n) is 5.79. The van der Waals surface area contributed by atoms with E-state index in [0.717, 1.165) is 13.0 Å². The van der Waals surface area contributed by atoms with Gasteiger partial charge in [0.15, 0.2) is 0 Å². The van der Waals surface area contributed by atoms with Crippen LogP contribution in [0.4, 0.5) is 0 Å². The Morgan fingerprint density at radius 2 is 1.97 bits per heavy atom. The number of hydrogen-bond donors (Lipinski definition) is 1. The molecular weight excluding hydrogens is 414 g/mol. The number of piperidine rings is 1. The molecule has 7 nitrogen and oxygen atoms in total. The molecule has 3 rings (SSSR count). The van der Waals surface area contributed by atoms with Crippen molar-refractivity contribution in [2.24, 2.45) is 0 Å².